The zero-order chi connectivity index (χ0) is 32.3. The minimum atomic E-state index is 0.871. The molecule has 8 aromatic carbocycles. The number of benzene rings is 8. The van der Waals surface area contributed by atoms with Gasteiger partial charge in [-0.3, -0.25) is 0 Å². The maximum absolute atomic E-state index is 6.39. The van der Waals surface area contributed by atoms with Gasteiger partial charge in [-0.05, 0) is 82.6 Å². The van der Waals surface area contributed by atoms with E-state index in [1.165, 1.54) is 38.2 Å². The smallest absolute Gasteiger partial charge is 0.137 e. The first kappa shape index (κ1) is 27.5. The highest BCUT2D eigenvalue weighted by molar-refractivity contribution is 6.21. The Morgan fingerprint density at radius 1 is 0.388 bits per heavy atom. The van der Waals surface area contributed by atoms with E-state index in [9.17, 15) is 0 Å². The van der Waals surface area contributed by atoms with Crippen LogP contribution in [0.2, 0.25) is 0 Å². The molecule has 0 aliphatic carbocycles. The third kappa shape index (κ3) is 4.44. The second-order valence-corrected chi connectivity index (χ2v) is 12.6. The van der Waals surface area contributed by atoms with Gasteiger partial charge in [0, 0.05) is 50.4 Å². The Hall–Kier alpha value is -6.58. The lowest BCUT2D eigenvalue weighted by Crippen LogP contribution is -2.10. The number of fused-ring (bicyclic) bond motifs is 8. The van der Waals surface area contributed by atoms with E-state index >= 15 is 0 Å². The molecule has 0 spiro atoms. The molecule has 10 aromatic rings. The largest absolute Gasteiger partial charge is 0.456 e. The molecule has 0 bridgehead atoms. The minimum absolute atomic E-state index is 0.871. The van der Waals surface area contributed by atoms with Crippen molar-refractivity contribution in [2.24, 2.45) is 0 Å². The van der Waals surface area contributed by atoms with Gasteiger partial charge in [-0.1, -0.05) is 115 Å². The van der Waals surface area contributed by atoms with E-state index in [0.29, 0.717) is 0 Å². The number of hydrogen-bond donors (Lipinski definition) is 0. The summed E-state index contributed by atoms with van der Waals surface area (Å²) in [5.74, 6) is 0. The predicted octanol–water partition coefficient (Wildman–Crippen LogP) is 13.0. The summed E-state index contributed by atoms with van der Waals surface area (Å²) in [6.07, 6.45) is 0. The number of hydrogen-bond acceptors (Lipinski definition) is 2. The van der Waals surface area contributed by atoms with E-state index in [1.54, 1.807) is 0 Å². The molecule has 0 aliphatic rings. The van der Waals surface area contributed by atoms with E-state index in [-0.39, 0.29) is 0 Å². The highest BCUT2D eigenvalue weighted by atomic mass is 16.3. The molecule has 2 aromatic heterocycles. The van der Waals surface area contributed by atoms with Crippen LogP contribution in [-0.4, -0.2) is 4.57 Å². The van der Waals surface area contributed by atoms with Crippen molar-refractivity contribution < 1.29 is 4.42 Å². The first-order valence-electron chi connectivity index (χ1n) is 16.7. The number of rotatable bonds is 5. The van der Waals surface area contributed by atoms with Gasteiger partial charge in [-0.15, -0.1) is 0 Å². The van der Waals surface area contributed by atoms with Gasteiger partial charge in [-0.2, -0.15) is 0 Å². The lowest BCUT2D eigenvalue weighted by Gasteiger charge is -2.26. The highest BCUT2D eigenvalue weighted by Gasteiger charge is 2.20. The predicted molar refractivity (Wildman–Crippen MR) is 206 cm³/mol. The molecule has 0 saturated carbocycles. The van der Waals surface area contributed by atoms with Crippen LogP contribution < -0.4 is 4.90 Å². The second kappa shape index (κ2) is 11.0. The molecule has 230 valence electrons. The maximum Gasteiger partial charge on any atom is 0.137 e. The first-order chi connectivity index (χ1) is 24.3. The average molecular weight is 627 g/mol. The Balaban J connectivity index is 1.22. The quantitative estimate of drug-likeness (QED) is 0.190. The van der Waals surface area contributed by atoms with Crippen molar-refractivity contribution in [3.05, 3.63) is 182 Å². The van der Waals surface area contributed by atoms with Gasteiger partial charge in [-0.25, -0.2) is 0 Å². The maximum atomic E-state index is 6.39. The molecule has 0 atom stereocenters. The molecule has 0 saturated heterocycles. The second-order valence-electron chi connectivity index (χ2n) is 12.6. The third-order valence-electron chi connectivity index (χ3n) is 9.77. The van der Waals surface area contributed by atoms with Crippen molar-refractivity contribution in [1.29, 1.82) is 0 Å². The van der Waals surface area contributed by atoms with Crippen molar-refractivity contribution in [2.45, 2.75) is 0 Å². The summed E-state index contributed by atoms with van der Waals surface area (Å²) in [4.78, 5) is 2.34. The molecule has 3 nitrogen and oxygen atoms in total. The van der Waals surface area contributed by atoms with Gasteiger partial charge in [0.05, 0.1) is 11.0 Å². The van der Waals surface area contributed by atoms with Crippen LogP contribution in [0.3, 0.4) is 0 Å². The molecule has 10 rings (SSSR count). The van der Waals surface area contributed by atoms with Crippen molar-refractivity contribution >= 4 is 71.6 Å². The Bertz CT molecular complexity index is 2810. The SMILES string of the molecule is c1ccc(-c2ccc(N(c3ccc4c(c3)oc3ccccc34)c3ccc4c5c6ccccc6ccc5n(-c5ccccc5)c4c3)cc2)cc1. The van der Waals surface area contributed by atoms with Crippen molar-refractivity contribution in [3.8, 4) is 16.8 Å². The van der Waals surface area contributed by atoms with E-state index in [1.807, 2.05) is 12.1 Å². The summed E-state index contributed by atoms with van der Waals surface area (Å²) < 4.78 is 8.79. The molecule has 2 heterocycles. The summed E-state index contributed by atoms with van der Waals surface area (Å²) >= 11 is 0. The lowest BCUT2D eigenvalue weighted by atomic mass is 10.0. The third-order valence-corrected chi connectivity index (χ3v) is 9.77. The number of anilines is 3. The molecule has 0 radical (unpaired) electrons. The van der Waals surface area contributed by atoms with Crippen molar-refractivity contribution in [2.75, 3.05) is 4.90 Å². The van der Waals surface area contributed by atoms with E-state index in [2.05, 4.69) is 179 Å². The standard InChI is InChI=1S/C46H30N2O/c1-3-11-31(12-4-1)32-19-22-35(23-20-32)47(37-24-26-40-39-17-9-10-18-44(39)49-45(40)30-37)36-25-27-41-43(29-36)48(34-14-5-2-6-15-34)42-28-21-33-13-7-8-16-38(33)46(41)42/h1-30H. The Kier molecular flexibility index (Phi) is 6.18. The van der Waals surface area contributed by atoms with Crippen LogP contribution in [0.15, 0.2) is 186 Å². The lowest BCUT2D eigenvalue weighted by molar-refractivity contribution is 0.669. The van der Waals surface area contributed by atoms with Gasteiger partial charge in [0.2, 0.25) is 0 Å². The van der Waals surface area contributed by atoms with Crippen LogP contribution in [0.25, 0.3) is 71.3 Å². The van der Waals surface area contributed by atoms with Crippen LogP contribution >= 0.6 is 0 Å². The Morgan fingerprint density at radius 2 is 1.00 bits per heavy atom. The summed E-state index contributed by atoms with van der Waals surface area (Å²) in [6, 6.07) is 65.0. The van der Waals surface area contributed by atoms with Gasteiger partial charge in [0.15, 0.2) is 0 Å². The number of aromatic nitrogens is 1. The van der Waals surface area contributed by atoms with Gasteiger partial charge in [0.25, 0.3) is 0 Å². The fourth-order valence-electron chi connectivity index (χ4n) is 7.50. The fourth-order valence-corrected chi connectivity index (χ4v) is 7.50. The number of nitrogens with zero attached hydrogens (tertiary/aromatic N) is 2. The summed E-state index contributed by atoms with van der Waals surface area (Å²) in [5.41, 5.74) is 10.8. The topological polar surface area (TPSA) is 21.3 Å². The zero-order valence-electron chi connectivity index (χ0n) is 26.6. The molecule has 0 fully saturated rings. The van der Waals surface area contributed by atoms with Crippen molar-refractivity contribution in [3.63, 3.8) is 0 Å². The van der Waals surface area contributed by atoms with E-state index < -0.39 is 0 Å². The molecule has 0 unspecified atom stereocenters. The Labute approximate surface area is 283 Å². The summed E-state index contributed by atoms with van der Waals surface area (Å²) in [7, 11) is 0. The molecule has 0 aliphatic heterocycles. The monoisotopic (exact) mass is 626 g/mol. The van der Waals surface area contributed by atoms with Gasteiger partial charge in [0.1, 0.15) is 11.2 Å². The normalized spacial score (nSPS) is 11.7. The molecular formula is C46H30N2O. The van der Waals surface area contributed by atoms with Crippen molar-refractivity contribution in [1.82, 2.24) is 4.57 Å². The molecule has 0 amide bonds. The molecular weight excluding hydrogens is 597 g/mol. The van der Waals surface area contributed by atoms with Crippen LogP contribution in [0.1, 0.15) is 0 Å². The van der Waals surface area contributed by atoms with Crippen LogP contribution in [0.5, 0.6) is 0 Å². The molecule has 49 heavy (non-hydrogen) atoms. The molecule has 3 heteroatoms. The zero-order valence-corrected chi connectivity index (χ0v) is 26.6. The van der Waals surface area contributed by atoms with Gasteiger partial charge < -0.3 is 13.9 Å². The fraction of sp³-hybridized carbons (Fsp3) is 0. The van der Waals surface area contributed by atoms with Crippen LogP contribution in [-0.2, 0) is 0 Å². The van der Waals surface area contributed by atoms with Gasteiger partial charge >= 0.3 is 0 Å². The Morgan fingerprint density at radius 3 is 1.82 bits per heavy atom. The summed E-state index contributed by atoms with van der Waals surface area (Å²) in [6.45, 7) is 0. The number of furan rings is 1. The van der Waals surface area contributed by atoms with E-state index in [0.717, 1.165) is 50.2 Å². The number of para-hydroxylation sites is 2. The summed E-state index contributed by atoms with van der Waals surface area (Å²) in [5, 5.41) is 7.24. The minimum Gasteiger partial charge on any atom is -0.456 e. The van der Waals surface area contributed by atoms with Crippen LogP contribution in [0, 0.1) is 0 Å². The highest BCUT2D eigenvalue weighted by Crippen LogP contribution is 2.43. The van der Waals surface area contributed by atoms with E-state index in [4.69, 9.17) is 4.42 Å². The first-order valence-corrected chi connectivity index (χ1v) is 16.7. The van der Waals surface area contributed by atoms with Crippen LogP contribution in [0.4, 0.5) is 17.1 Å². The average Bonchev–Trinajstić information content (AvgIpc) is 3.71. The molecule has 0 N–H and O–H groups in total.